The van der Waals surface area contributed by atoms with Crippen LogP contribution in [-0.4, -0.2) is 38.7 Å². The first-order chi connectivity index (χ1) is 10.0. The molecule has 0 bridgehead atoms. The van der Waals surface area contributed by atoms with E-state index in [-0.39, 0.29) is 23.7 Å². The van der Waals surface area contributed by atoms with Crippen molar-refractivity contribution in [2.24, 2.45) is 11.8 Å². The summed E-state index contributed by atoms with van der Waals surface area (Å²) in [4.78, 5) is 29.7. The molecule has 2 unspecified atom stereocenters. The van der Waals surface area contributed by atoms with Gasteiger partial charge in [0.1, 0.15) is 0 Å². The molecule has 2 heterocycles. The average Bonchev–Trinajstić information content (AvgIpc) is 3.02. The summed E-state index contributed by atoms with van der Waals surface area (Å²) in [6.07, 6.45) is 10.3. The fourth-order valence-electron chi connectivity index (χ4n) is 2.60. The number of carbonyl (C=O) groups is 2. The number of hydrogen-bond donors (Lipinski definition) is 0. The van der Waals surface area contributed by atoms with Crippen molar-refractivity contribution in [3.63, 3.8) is 0 Å². The second-order valence-corrected chi connectivity index (χ2v) is 5.93. The van der Waals surface area contributed by atoms with E-state index in [4.69, 9.17) is 0 Å². The van der Waals surface area contributed by atoms with E-state index < -0.39 is 0 Å². The van der Waals surface area contributed by atoms with Crippen LogP contribution in [0.15, 0.2) is 30.9 Å². The molecule has 1 aromatic heterocycles. The lowest BCUT2D eigenvalue weighted by Crippen LogP contribution is -2.35. The number of allylic oxidation sites excluding steroid dienone is 1. The minimum absolute atomic E-state index is 0.102. The summed E-state index contributed by atoms with van der Waals surface area (Å²) < 4.78 is 1.98. The summed E-state index contributed by atoms with van der Waals surface area (Å²) in [7, 11) is 0. The van der Waals surface area contributed by atoms with Crippen molar-refractivity contribution in [2.45, 2.75) is 39.8 Å². The molecule has 1 amide bonds. The number of Topliss-reactive ketones (excluding diaryl/α,β-unsaturated/α-hetero) is 1. The minimum atomic E-state index is -0.341. The zero-order valence-corrected chi connectivity index (χ0v) is 12.9. The third-order valence-corrected chi connectivity index (χ3v) is 3.83. The Bertz CT molecular complexity index is 520. The third-order valence-electron chi connectivity index (χ3n) is 3.83. The number of rotatable bonds is 6. The Morgan fingerprint density at radius 2 is 2.10 bits per heavy atom. The molecule has 2 rings (SSSR count). The topological polar surface area (TPSA) is 55.2 Å². The monoisotopic (exact) mass is 289 g/mol. The summed E-state index contributed by atoms with van der Waals surface area (Å²) in [5.41, 5.74) is 0. The van der Waals surface area contributed by atoms with Crippen molar-refractivity contribution >= 4 is 11.7 Å². The van der Waals surface area contributed by atoms with E-state index in [1.807, 2.05) is 23.8 Å². The molecule has 1 fully saturated rings. The van der Waals surface area contributed by atoms with Crippen LogP contribution in [0.2, 0.25) is 0 Å². The minimum Gasteiger partial charge on any atom is -0.337 e. The van der Waals surface area contributed by atoms with Gasteiger partial charge in [0, 0.05) is 31.4 Å². The van der Waals surface area contributed by atoms with Gasteiger partial charge >= 0.3 is 0 Å². The zero-order chi connectivity index (χ0) is 15.4. The molecule has 5 nitrogen and oxygen atoms in total. The third kappa shape index (κ3) is 3.60. The van der Waals surface area contributed by atoms with Crippen LogP contribution in [0.3, 0.4) is 0 Å². The van der Waals surface area contributed by atoms with Gasteiger partial charge in [0.15, 0.2) is 0 Å². The van der Waals surface area contributed by atoms with Crippen LogP contribution in [0.4, 0.5) is 0 Å². The molecular weight excluding hydrogens is 266 g/mol. The summed E-state index contributed by atoms with van der Waals surface area (Å²) in [5.74, 6) is -0.445. The molecule has 0 radical (unpaired) electrons. The lowest BCUT2D eigenvalue weighted by atomic mass is 10.00. The molecule has 2 atom stereocenters. The van der Waals surface area contributed by atoms with Gasteiger partial charge < -0.3 is 9.47 Å². The van der Waals surface area contributed by atoms with Crippen molar-refractivity contribution in [3.05, 3.63) is 30.9 Å². The van der Waals surface area contributed by atoms with Gasteiger partial charge in [-0.25, -0.2) is 4.98 Å². The highest BCUT2D eigenvalue weighted by molar-refractivity contribution is 6.39. The zero-order valence-electron chi connectivity index (χ0n) is 12.9. The Hall–Kier alpha value is -1.91. The lowest BCUT2D eigenvalue weighted by Gasteiger charge is -2.23. The number of hydrogen-bond acceptors (Lipinski definition) is 3. The molecule has 114 valence electrons. The van der Waals surface area contributed by atoms with E-state index >= 15 is 0 Å². The molecule has 0 spiro atoms. The quantitative estimate of drug-likeness (QED) is 0.593. The van der Waals surface area contributed by atoms with Crippen LogP contribution in [-0.2, 0) is 16.1 Å². The Morgan fingerprint density at radius 3 is 2.71 bits per heavy atom. The van der Waals surface area contributed by atoms with E-state index in [0.29, 0.717) is 12.5 Å². The molecule has 1 aromatic rings. The first-order valence-electron chi connectivity index (χ1n) is 7.49. The summed E-state index contributed by atoms with van der Waals surface area (Å²) in [6, 6.07) is -0.102. The first kappa shape index (κ1) is 15.5. The average molecular weight is 289 g/mol. The van der Waals surface area contributed by atoms with Gasteiger partial charge in [0.05, 0.1) is 12.4 Å². The highest BCUT2D eigenvalue weighted by atomic mass is 16.2. The van der Waals surface area contributed by atoms with E-state index in [9.17, 15) is 9.59 Å². The molecule has 5 heteroatoms. The molecule has 21 heavy (non-hydrogen) atoms. The second kappa shape index (κ2) is 6.70. The fourth-order valence-corrected chi connectivity index (χ4v) is 2.60. The maximum absolute atomic E-state index is 12.1. The second-order valence-electron chi connectivity index (χ2n) is 5.93. The fraction of sp³-hybridized carbons (Fsp3) is 0.562. The van der Waals surface area contributed by atoms with Crippen LogP contribution in [0.1, 0.15) is 27.2 Å². The van der Waals surface area contributed by atoms with Crippen LogP contribution in [0.25, 0.3) is 0 Å². The molecule has 1 saturated heterocycles. The normalized spacial score (nSPS) is 23.0. The lowest BCUT2D eigenvalue weighted by molar-refractivity contribution is -0.140. The van der Waals surface area contributed by atoms with E-state index in [2.05, 4.69) is 24.9 Å². The number of aromatic nitrogens is 2. The number of imidazole rings is 1. The van der Waals surface area contributed by atoms with E-state index in [1.165, 1.54) is 0 Å². The smallest absolute Gasteiger partial charge is 0.290 e. The Kier molecular flexibility index (Phi) is 4.94. The Labute approximate surface area is 125 Å². The van der Waals surface area contributed by atoms with Crippen molar-refractivity contribution in [3.8, 4) is 0 Å². The van der Waals surface area contributed by atoms with Crippen LogP contribution < -0.4 is 0 Å². The maximum Gasteiger partial charge on any atom is 0.290 e. The molecule has 1 aliphatic rings. The summed E-state index contributed by atoms with van der Waals surface area (Å²) >= 11 is 0. The molecule has 0 saturated carbocycles. The van der Waals surface area contributed by atoms with Gasteiger partial charge in [0.25, 0.3) is 5.91 Å². The van der Waals surface area contributed by atoms with Crippen molar-refractivity contribution in [1.29, 1.82) is 0 Å². The highest BCUT2D eigenvalue weighted by Gasteiger charge is 2.42. The van der Waals surface area contributed by atoms with Crippen molar-refractivity contribution in [1.82, 2.24) is 14.5 Å². The van der Waals surface area contributed by atoms with Gasteiger partial charge in [-0.05, 0) is 12.3 Å². The van der Waals surface area contributed by atoms with Crippen LogP contribution >= 0.6 is 0 Å². The predicted octanol–water partition coefficient (Wildman–Crippen LogP) is 1.90. The Morgan fingerprint density at radius 1 is 1.33 bits per heavy atom. The van der Waals surface area contributed by atoms with Gasteiger partial charge in [-0.3, -0.25) is 9.59 Å². The molecule has 0 N–H and O–H groups in total. The Balaban J connectivity index is 1.99. The maximum atomic E-state index is 12.1. The number of likely N-dealkylation sites (tertiary alicyclic amines) is 1. The first-order valence-corrected chi connectivity index (χ1v) is 7.49. The van der Waals surface area contributed by atoms with E-state index in [0.717, 1.165) is 13.0 Å². The largest absolute Gasteiger partial charge is 0.337 e. The summed E-state index contributed by atoms with van der Waals surface area (Å²) in [5, 5.41) is 0. The van der Waals surface area contributed by atoms with Crippen LogP contribution in [0.5, 0.6) is 0 Å². The molecular formula is C16H23N3O2. The molecule has 0 aliphatic carbocycles. The SMILES string of the molecule is CC(C)C=CC1C(C)C(=O)C(=O)N1CCCn1ccnc1. The van der Waals surface area contributed by atoms with E-state index in [1.54, 1.807) is 17.4 Å². The number of amides is 1. The number of aryl methyl sites for hydroxylation is 1. The van der Waals surface area contributed by atoms with Crippen LogP contribution in [0, 0.1) is 11.8 Å². The van der Waals surface area contributed by atoms with Crippen molar-refractivity contribution < 1.29 is 9.59 Å². The van der Waals surface area contributed by atoms with Gasteiger partial charge in [-0.1, -0.05) is 32.9 Å². The van der Waals surface area contributed by atoms with Gasteiger partial charge in [-0.2, -0.15) is 0 Å². The molecule has 0 aromatic carbocycles. The number of carbonyl (C=O) groups excluding carboxylic acids is 2. The van der Waals surface area contributed by atoms with Crippen molar-refractivity contribution in [2.75, 3.05) is 6.54 Å². The highest BCUT2D eigenvalue weighted by Crippen LogP contribution is 2.24. The summed E-state index contributed by atoms with van der Waals surface area (Å²) in [6.45, 7) is 7.41. The molecule has 1 aliphatic heterocycles. The van der Waals surface area contributed by atoms with Gasteiger partial charge in [-0.15, -0.1) is 0 Å². The number of nitrogens with zero attached hydrogens (tertiary/aromatic N) is 3. The predicted molar refractivity (Wildman–Crippen MR) is 80.5 cm³/mol. The van der Waals surface area contributed by atoms with Gasteiger partial charge in [0.2, 0.25) is 5.78 Å². The standard InChI is InChI=1S/C16H23N3O2/c1-12(2)5-6-14-13(3)15(20)16(21)19(14)9-4-8-18-10-7-17-11-18/h5-7,10-14H,4,8-9H2,1-3H3. The number of ketones is 1.